The van der Waals surface area contributed by atoms with Gasteiger partial charge < -0.3 is 20.4 Å². The number of piperidine rings is 1. The molecule has 0 spiro atoms. The fourth-order valence-electron chi connectivity index (χ4n) is 3.21. The number of nitrogens with one attached hydrogen (secondary N) is 1. The molecule has 2 atom stereocenters. The molecule has 1 aliphatic heterocycles. The van der Waals surface area contributed by atoms with Gasteiger partial charge in [0.25, 0.3) is 0 Å². The maximum Gasteiger partial charge on any atom is 0.322 e. The van der Waals surface area contributed by atoms with Crippen LogP contribution in [0.2, 0.25) is 0 Å². The second kappa shape index (κ2) is 10.7. The average molecular weight is 350 g/mol. The van der Waals surface area contributed by atoms with Crippen LogP contribution in [0.15, 0.2) is 24.3 Å². The highest BCUT2D eigenvalue weighted by molar-refractivity contribution is 5.81. The molecule has 1 fully saturated rings. The predicted octanol–water partition coefficient (Wildman–Crippen LogP) is 2.43. The Labute approximate surface area is 149 Å². The van der Waals surface area contributed by atoms with Crippen molar-refractivity contribution in [3.63, 3.8) is 0 Å². The van der Waals surface area contributed by atoms with E-state index in [-0.39, 0.29) is 12.5 Å². The molecule has 2 rings (SSSR count). The number of rotatable bonds is 6. The third kappa shape index (κ3) is 7.13. The Morgan fingerprint density at radius 3 is 2.64 bits per heavy atom. The van der Waals surface area contributed by atoms with Crippen LogP contribution in [-0.4, -0.2) is 53.2 Å². The molecule has 0 aliphatic carbocycles. The highest BCUT2D eigenvalue weighted by Crippen LogP contribution is 2.33. The minimum atomic E-state index is -1.03. The van der Waals surface area contributed by atoms with Crippen LogP contribution < -0.4 is 5.32 Å². The zero-order valence-corrected chi connectivity index (χ0v) is 15.4. The summed E-state index contributed by atoms with van der Waals surface area (Å²) in [5.41, 5.74) is 1.16. The number of amides is 1. The zero-order chi connectivity index (χ0) is 18.8. The molecule has 25 heavy (non-hydrogen) atoms. The molecular weight excluding hydrogens is 320 g/mol. The number of carbonyl (C=O) groups is 2. The molecule has 1 saturated heterocycles. The number of nitrogens with zero attached hydrogens (tertiary/aromatic N) is 1. The highest BCUT2D eigenvalue weighted by Gasteiger charge is 2.27. The van der Waals surface area contributed by atoms with Crippen molar-refractivity contribution >= 4 is 11.9 Å². The van der Waals surface area contributed by atoms with E-state index in [1.54, 1.807) is 6.07 Å². The van der Waals surface area contributed by atoms with E-state index < -0.39 is 5.97 Å². The van der Waals surface area contributed by atoms with Crippen molar-refractivity contribution in [2.75, 3.05) is 26.2 Å². The number of benzene rings is 1. The van der Waals surface area contributed by atoms with Gasteiger partial charge in [-0.15, -0.1) is 0 Å². The molecule has 1 aromatic rings. The minimum absolute atomic E-state index is 0.227. The molecule has 6 heteroatoms. The van der Waals surface area contributed by atoms with Gasteiger partial charge in [0.1, 0.15) is 12.3 Å². The van der Waals surface area contributed by atoms with E-state index >= 15 is 0 Å². The molecule has 1 unspecified atom stereocenters. The first kappa shape index (κ1) is 21.0. The lowest BCUT2D eigenvalue weighted by atomic mass is 9.81. The molecule has 0 bridgehead atoms. The Morgan fingerprint density at radius 2 is 2.04 bits per heavy atom. The summed E-state index contributed by atoms with van der Waals surface area (Å²) >= 11 is 0. The lowest BCUT2D eigenvalue weighted by molar-refractivity contribution is -0.138. The normalized spacial score (nSPS) is 20.3. The van der Waals surface area contributed by atoms with Gasteiger partial charge in [0.05, 0.1) is 0 Å². The molecule has 1 aromatic carbocycles. The van der Waals surface area contributed by atoms with Gasteiger partial charge in [-0.2, -0.15) is 0 Å². The summed E-state index contributed by atoms with van der Waals surface area (Å²) in [4.78, 5) is 24.2. The Balaban J connectivity index is 0.00000151. The van der Waals surface area contributed by atoms with Crippen molar-refractivity contribution in [3.05, 3.63) is 29.8 Å². The Morgan fingerprint density at radius 1 is 1.32 bits per heavy atom. The second-order valence-electron chi connectivity index (χ2n) is 6.19. The number of phenols is 1. The van der Waals surface area contributed by atoms with E-state index in [1.807, 2.05) is 26.0 Å². The lowest BCUT2D eigenvalue weighted by Crippen LogP contribution is -2.40. The molecule has 0 saturated carbocycles. The van der Waals surface area contributed by atoms with Crippen LogP contribution in [0.5, 0.6) is 5.75 Å². The molecule has 1 aliphatic rings. The monoisotopic (exact) mass is 350 g/mol. The maximum atomic E-state index is 11.6. The topological polar surface area (TPSA) is 89.9 Å². The van der Waals surface area contributed by atoms with Crippen molar-refractivity contribution < 1.29 is 19.8 Å². The molecule has 1 amide bonds. The molecule has 0 aromatic heterocycles. The van der Waals surface area contributed by atoms with Gasteiger partial charge in [0.15, 0.2) is 0 Å². The summed E-state index contributed by atoms with van der Waals surface area (Å²) in [7, 11) is 0. The average Bonchev–Trinajstić information content (AvgIpc) is 2.60. The lowest BCUT2D eigenvalue weighted by Gasteiger charge is -2.37. The maximum absolute atomic E-state index is 11.6. The van der Waals surface area contributed by atoms with Crippen molar-refractivity contribution in [2.24, 2.45) is 5.92 Å². The van der Waals surface area contributed by atoms with Crippen LogP contribution in [0.1, 0.15) is 45.1 Å². The fourth-order valence-corrected chi connectivity index (χ4v) is 3.21. The quantitative estimate of drug-likeness (QED) is 0.733. The highest BCUT2D eigenvalue weighted by atomic mass is 16.4. The number of phenolic OH excluding ortho intramolecular Hbond substituents is 1. The summed E-state index contributed by atoms with van der Waals surface area (Å²) in [6, 6.07) is 7.43. The molecule has 140 valence electrons. The van der Waals surface area contributed by atoms with Crippen LogP contribution in [0, 0.1) is 5.92 Å². The Hall–Kier alpha value is -2.08. The van der Waals surface area contributed by atoms with Crippen LogP contribution in [0.3, 0.4) is 0 Å². The molecule has 3 N–H and O–H groups in total. The van der Waals surface area contributed by atoms with E-state index in [2.05, 4.69) is 23.2 Å². The van der Waals surface area contributed by atoms with Crippen LogP contribution in [0.25, 0.3) is 0 Å². The van der Waals surface area contributed by atoms with Crippen LogP contribution >= 0.6 is 0 Å². The van der Waals surface area contributed by atoms with Gasteiger partial charge in [-0.25, -0.2) is 0 Å². The van der Waals surface area contributed by atoms with Crippen LogP contribution in [0.4, 0.5) is 0 Å². The first-order chi connectivity index (χ1) is 12.0. The van der Waals surface area contributed by atoms with Gasteiger partial charge in [-0.3, -0.25) is 9.59 Å². The number of carboxylic acids is 1. The summed E-state index contributed by atoms with van der Waals surface area (Å²) in [5, 5.41) is 20.5. The third-order valence-electron chi connectivity index (χ3n) is 4.38. The van der Waals surface area contributed by atoms with E-state index in [0.29, 0.717) is 30.6 Å². The van der Waals surface area contributed by atoms with Gasteiger partial charge in [0, 0.05) is 19.5 Å². The number of carbonyl (C=O) groups excluding carboxylic acids is 1. The van der Waals surface area contributed by atoms with Gasteiger partial charge in [0.2, 0.25) is 5.91 Å². The summed E-state index contributed by atoms with van der Waals surface area (Å²) < 4.78 is 0. The van der Waals surface area contributed by atoms with E-state index in [0.717, 1.165) is 25.1 Å². The Bertz CT molecular complexity index is 562. The largest absolute Gasteiger partial charge is 0.508 e. The number of aliphatic carboxylic acids is 1. The standard InChI is InChI=1S/C17H24N2O4.C2H6/c1-12-11-19(8-6-16(21)18-10-17(22)23)7-5-15(12)13-3-2-4-14(20)9-13;1-2/h2-4,9,12,15,20H,5-8,10-11H2,1H3,(H,18,21)(H,22,23);1-2H3/t12-,15?;/m0./s1. The molecule has 0 radical (unpaired) electrons. The van der Waals surface area contributed by atoms with Crippen molar-refractivity contribution in [1.29, 1.82) is 0 Å². The smallest absolute Gasteiger partial charge is 0.322 e. The van der Waals surface area contributed by atoms with Gasteiger partial charge in [-0.1, -0.05) is 32.9 Å². The number of hydrogen-bond acceptors (Lipinski definition) is 4. The summed E-state index contributed by atoms with van der Waals surface area (Å²) in [6.45, 7) is 8.30. The number of aromatic hydroxyl groups is 1. The Kier molecular flexibility index (Phi) is 8.99. The number of likely N-dealkylation sites (tertiary alicyclic amines) is 1. The van der Waals surface area contributed by atoms with Gasteiger partial charge >= 0.3 is 5.97 Å². The van der Waals surface area contributed by atoms with Crippen molar-refractivity contribution in [1.82, 2.24) is 10.2 Å². The molecule has 6 nitrogen and oxygen atoms in total. The fraction of sp³-hybridized carbons (Fsp3) is 0.579. The van der Waals surface area contributed by atoms with E-state index in [1.165, 1.54) is 0 Å². The SMILES string of the molecule is CC.C[C@H]1CN(CCC(=O)NCC(=O)O)CCC1c1cccc(O)c1. The third-order valence-corrected chi connectivity index (χ3v) is 4.38. The first-order valence-corrected chi connectivity index (χ1v) is 8.95. The van der Waals surface area contributed by atoms with Crippen molar-refractivity contribution in [3.8, 4) is 5.75 Å². The molecule has 1 heterocycles. The minimum Gasteiger partial charge on any atom is -0.508 e. The van der Waals surface area contributed by atoms with Gasteiger partial charge in [-0.05, 0) is 42.5 Å². The first-order valence-electron chi connectivity index (χ1n) is 8.95. The summed E-state index contributed by atoms with van der Waals surface area (Å²) in [5.74, 6) is -0.104. The predicted molar refractivity (Wildman–Crippen MR) is 97.7 cm³/mol. The summed E-state index contributed by atoms with van der Waals surface area (Å²) in [6.07, 6.45) is 1.30. The van der Waals surface area contributed by atoms with Crippen molar-refractivity contribution in [2.45, 2.75) is 39.5 Å². The van der Waals surface area contributed by atoms with E-state index in [9.17, 15) is 14.7 Å². The number of carboxylic acid groups (broad SMARTS) is 1. The molecular formula is C19H30N2O4. The van der Waals surface area contributed by atoms with E-state index in [4.69, 9.17) is 5.11 Å². The second-order valence-corrected chi connectivity index (χ2v) is 6.19. The zero-order valence-electron chi connectivity index (χ0n) is 15.4. The van der Waals surface area contributed by atoms with Crippen LogP contribution in [-0.2, 0) is 9.59 Å². The number of hydrogen-bond donors (Lipinski definition) is 3.